The average Bonchev–Trinajstić information content (AvgIpc) is 2.31. The fourth-order valence-corrected chi connectivity index (χ4v) is 1.09. The van der Waals surface area contributed by atoms with Crippen LogP contribution >= 0.6 is 0 Å². The van der Waals surface area contributed by atoms with Crippen LogP contribution in [0.15, 0.2) is 24.3 Å². The number of rotatable bonds is 6. The SMILES string of the molecule is COc1cccc(OCC(OC)OC)c1. The third-order valence-corrected chi connectivity index (χ3v) is 1.95. The standard InChI is InChI=1S/C11H16O4/c1-12-9-5-4-6-10(7-9)15-8-11(13-2)14-3/h4-7,11H,8H2,1-3H3. The van der Waals surface area contributed by atoms with Gasteiger partial charge in [-0.25, -0.2) is 0 Å². The van der Waals surface area contributed by atoms with Gasteiger partial charge in [-0.3, -0.25) is 0 Å². The molecule has 0 spiro atoms. The van der Waals surface area contributed by atoms with Crippen LogP contribution in [0, 0.1) is 0 Å². The van der Waals surface area contributed by atoms with E-state index in [2.05, 4.69) is 0 Å². The molecular weight excluding hydrogens is 196 g/mol. The van der Waals surface area contributed by atoms with Crippen molar-refractivity contribution >= 4 is 0 Å². The molecule has 0 heterocycles. The highest BCUT2D eigenvalue weighted by molar-refractivity contribution is 5.32. The van der Waals surface area contributed by atoms with Crippen LogP contribution in [0.25, 0.3) is 0 Å². The minimum atomic E-state index is -0.351. The van der Waals surface area contributed by atoms with Crippen molar-refractivity contribution in [3.8, 4) is 11.5 Å². The first kappa shape index (κ1) is 11.8. The molecule has 0 bridgehead atoms. The van der Waals surface area contributed by atoms with Crippen LogP contribution in [-0.4, -0.2) is 34.2 Å². The normalized spacial score (nSPS) is 10.4. The second-order valence-electron chi connectivity index (χ2n) is 2.89. The Morgan fingerprint density at radius 3 is 2.33 bits per heavy atom. The van der Waals surface area contributed by atoms with Crippen molar-refractivity contribution in [2.75, 3.05) is 27.9 Å². The predicted molar refractivity (Wildman–Crippen MR) is 56.3 cm³/mol. The summed E-state index contributed by atoms with van der Waals surface area (Å²) in [5.41, 5.74) is 0. The number of ether oxygens (including phenoxy) is 4. The molecule has 0 saturated carbocycles. The maximum atomic E-state index is 5.46. The smallest absolute Gasteiger partial charge is 0.191 e. The molecular formula is C11H16O4. The summed E-state index contributed by atoms with van der Waals surface area (Å²) in [6.45, 7) is 0.347. The van der Waals surface area contributed by atoms with Gasteiger partial charge in [0.25, 0.3) is 0 Å². The summed E-state index contributed by atoms with van der Waals surface area (Å²) in [4.78, 5) is 0. The maximum Gasteiger partial charge on any atom is 0.191 e. The average molecular weight is 212 g/mol. The van der Waals surface area contributed by atoms with Crippen molar-refractivity contribution in [1.29, 1.82) is 0 Å². The van der Waals surface area contributed by atoms with Gasteiger partial charge in [0, 0.05) is 20.3 Å². The minimum absolute atomic E-state index is 0.347. The Bertz CT molecular complexity index is 284. The Morgan fingerprint density at radius 1 is 1.07 bits per heavy atom. The van der Waals surface area contributed by atoms with Gasteiger partial charge in [-0.15, -0.1) is 0 Å². The Balaban J connectivity index is 2.49. The number of benzene rings is 1. The molecule has 1 aromatic rings. The molecule has 0 aliphatic carbocycles. The summed E-state index contributed by atoms with van der Waals surface area (Å²) in [5, 5.41) is 0. The van der Waals surface area contributed by atoms with Crippen molar-refractivity contribution in [2.24, 2.45) is 0 Å². The first-order valence-corrected chi connectivity index (χ1v) is 4.62. The molecule has 1 rings (SSSR count). The second kappa shape index (κ2) is 6.27. The molecule has 0 N–H and O–H groups in total. The summed E-state index contributed by atoms with van der Waals surface area (Å²) in [6.07, 6.45) is -0.351. The minimum Gasteiger partial charge on any atom is -0.497 e. The van der Waals surface area contributed by atoms with Crippen molar-refractivity contribution in [2.45, 2.75) is 6.29 Å². The summed E-state index contributed by atoms with van der Waals surface area (Å²) < 4.78 is 20.5. The number of hydrogen-bond acceptors (Lipinski definition) is 4. The van der Waals surface area contributed by atoms with Crippen molar-refractivity contribution < 1.29 is 18.9 Å². The van der Waals surface area contributed by atoms with Gasteiger partial charge in [-0.05, 0) is 12.1 Å². The van der Waals surface area contributed by atoms with Gasteiger partial charge >= 0.3 is 0 Å². The van der Waals surface area contributed by atoms with Crippen LogP contribution < -0.4 is 9.47 Å². The molecule has 0 aromatic heterocycles. The highest BCUT2D eigenvalue weighted by Gasteiger charge is 2.05. The molecule has 84 valence electrons. The topological polar surface area (TPSA) is 36.9 Å². The summed E-state index contributed by atoms with van der Waals surface area (Å²) in [7, 11) is 4.76. The molecule has 0 saturated heterocycles. The van der Waals surface area contributed by atoms with E-state index < -0.39 is 0 Å². The van der Waals surface area contributed by atoms with E-state index >= 15 is 0 Å². The maximum absolute atomic E-state index is 5.46. The van der Waals surface area contributed by atoms with E-state index in [9.17, 15) is 0 Å². The lowest BCUT2D eigenvalue weighted by Gasteiger charge is -2.14. The van der Waals surface area contributed by atoms with E-state index in [1.54, 1.807) is 21.3 Å². The van der Waals surface area contributed by atoms with Gasteiger partial charge in [-0.2, -0.15) is 0 Å². The van der Waals surface area contributed by atoms with Gasteiger partial charge < -0.3 is 18.9 Å². The lowest BCUT2D eigenvalue weighted by Crippen LogP contribution is -2.21. The molecule has 0 amide bonds. The molecule has 0 aliphatic rings. The zero-order chi connectivity index (χ0) is 11.1. The molecule has 0 aliphatic heterocycles. The fourth-order valence-electron chi connectivity index (χ4n) is 1.09. The highest BCUT2D eigenvalue weighted by Crippen LogP contribution is 2.18. The van der Waals surface area contributed by atoms with Crippen LogP contribution in [0.1, 0.15) is 0 Å². The van der Waals surface area contributed by atoms with Crippen LogP contribution in [0.2, 0.25) is 0 Å². The van der Waals surface area contributed by atoms with Crippen LogP contribution in [0.5, 0.6) is 11.5 Å². The van der Waals surface area contributed by atoms with Crippen molar-refractivity contribution in [3.05, 3.63) is 24.3 Å². The van der Waals surface area contributed by atoms with Crippen LogP contribution in [0.4, 0.5) is 0 Å². The van der Waals surface area contributed by atoms with Gasteiger partial charge in [0.2, 0.25) is 0 Å². The van der Waals surface area contributed by atoms with E-state index in [1.165, 1.54) is 0 Å². The van der Waals surface area contributed by atoms with Gasteiger partial charge in [0.1, 0.15) is 18.1 Å². The van der Waals surface area contributed by atoms with Gasteiger partial charge in [0.05, 0.1) is 7.11 Å². The molecule has 4 heteroatoms. The first-order chi connectivity index (χ1) is 7.30. The van der Waals surface area contributed by atoms with Crippen molar-refractivity contribution in [1.82, 2.24) is 0 Å². The Hall–Kier alpha value is -1.26. The van der Waals surface area contributed by atoms with Gasteiger partial charge in [0.15, 0.2) is 6.29 Å². The lowest BCUT2D eigenvalue weighted by molar-refractivity contribution is -0.121. The molecule has 0 fully saturated rings. The Morgan fingerprint density at radius 2 is 1.73 bits per heavy atom. The molecule has 0 atom stereocenters. The molecule has 1 aromatic carbocycles. The predicted octanol–water partition coefficient (Wildman–Crippen LogP) is 1.69. The fraction of sp³-hybridized carbons (Fsp3) is 0.455. The van der Waals surface area contributed by atoms with E-state index in [4.69, 9.17) is 18.9 Å². The monoisotopic (exact) mass is 212 g/mol. The molecule has 15 heavy (non-hydrogen) atoms. The molecule has 4 nitrogen and oxygen atoms in total. The summed E-state index contributed by atoms with van der Waals surface area (Å²) in [5.74, 6) is 1.49. The third kappa shape index (κ3) is 3.77. The summed E-state index contributed by atoms with van der Waals surface area (Å²) in [6, 6.07) is 7.38. The highest BCUT2D eigenvalue weighted by atomic mass is 16.7. The van der Waals surface area contributed by atoms with E-state index in [0.717, 1.165) is 11.5 Å². The largest absolute Gasteiger partial charge is 0.497 e. The quantitative estimate of drug-likeness (QED) is 0.672. The Labute approximate surface area is 89.7 Å². The Kier molecular flexibility index (Phi) is 4.93. The second-order valence-corrected chi connectivity index (χ2v) is 2.89. The number of hydrogen-bond donors (Lipinski definition) is 0. The van der Waals surface area contributed by atoms with Crippen LogP contribution in [-0.2, 0) is 9.47 Å². The van der Waals surface area contributed by atoms with E-state index in [0.29, 0.717) is 6.61 Å². The zero-order valence-corrected chi connectivity index (χ0v) is 9.23. The van der Waals surface area contributed by atoms with Crippen LogP contribution in [0.3, 0.4) is 0 Å². The third-order valence-electron chi connectivity index (χ3n) is 1.95. The van der Waals surface area contributed by atoms with Crippen molar-refractivity contribution in [3.63, 3.8) is 0 Å². The lowest BCUT2D eigenvalue weighted by atomic mass is 10.3. The number of methoxy groups -OCH3 is 3. The summed E-state index contributed by atoms with van der Waals surface area (Å²) >= 11 is 0. The zero-order valence-electron chi connectivity index (χ0n) is 9.23. The molecule has 0 unspecified atom stereocenters. The van der Waals surface area contributed by atoms with Gasteiger partial charge in [-0.1, -0.05) is 6.07 Å². The first-order valence-electron chi connectivity index (χ1n) is 4.62. The van der Waals surface area contributed by atoms with E-state index in [1.807, 2.05) is 24.3 Å². The molecule has 0 radical (unpaired) electrons. The van der Waals surface area contributed by atoms with E-state index in [-0.39, 0.29) is 6.29 Å².